The molecule has 6 nitrogen and oxygen atoms in total. The highest BCUT2D eigenvalue weighted by Gasteiger charge is 2.51. The van der Waals surface area contributed by atoms with Crippen LogP contribution >= 0.6 is 0 Å². The number of aliphatic hydroxyl groups is 1. The van der Waals surface area contributed by atoms with Gasteiger partial charge in [-0.15, -0.1) is 0 Å². The quantitative estimate of drug-likeness (QED) is 0.638. The highest BCUT2D eigenvalue weighted by molar-refractivity contribution is 6.23. The Bertz CT molecular complexity index is 902. The molecule has 0 bridgehead atoms. The van der Waals surface area contributed by atoms with Crippen molar-refractivity contribution in [3.05, 3.63) is 33.9 Å². The minimum atomic E-state index is -1.70. The molecule has 1 N–H and O–H groups in total. The average Bonchev–Trinajstić information content (AvgIpc) is 3.12. The number of benzene rings is 1. The largest absolute Gasteiger partial charge is 0.369 e. The molecule has 0 fully saturated rings. The third-order valence-corrected chi connectivity index (χ3v) is 6.12. The summed E-state index contributed by atoms with van der Waals surface area (Å²) in [5, 5.41) is 10.6. The molecule has 3 amide bonds. The maximum Gasteiger partial charge on any atom is 0.264 e. The molecular formula is C22H28F2N2O4. The Morgan fingerprint density at radius 3 is 1.87 bits per heavy atom. The molecule has 164 valence electrons. The summed E-state index contributed by atoms with van der Waals surface area (Å²) in [5.74, 6) is -5.12. The molecule has 3 rings (SSSR count). The van der Waals surface area contributed by atoms with Crippen LogP contribution < -0.4 is 0 Å². The van der Waals surface area contributed by atoms with Crippen LogP contribution in [0.4, 0.5) is 8.78 Å². The molecule has 2 heterocycles. The number of hydrogen-bond donors (Lipinski definition) is 1. The number of carbonyl (C=O) groups excluding carboxylic acids is 3. The van der Waals surface area contributed by atoms with Gasteiger partial charge in [-0.05, 0) is 26.7 Å². The lowest BCUT2D eigenvalue weighted by atomic mass is 9.98. The van der Waals surface area contributed by atoms with E-state index in [1.165, 1.54) is 0 Å². The average molecular weight is 422 g/mol. The van der Waals surface area contributed by atoms with E-state index in [-0.39, 0.29) is 0 Å². The standard InChI is InChI=1S/C22H28F2N2O4/c1-5-7-9-11(3)25-19(27)13-14(20(25)28)18(24)16-15(17(13)23)21(29)26(22(16)30)12(4)10-8-6-2/h11-12,19,27H,5-10H2,1-4H3/t11-,12-,19?/m1/s1. The predicted octanol–water partition coefficient (Wildman–Crippen LogP) is 4.16. The van der Waals surface area contributed by atoms with Crippen molar-refractivity contribution >= 4 is 17.7 Å². The Kier molecular flexibility index (Phi) is 6.26. The molecule has 3 atom stereocenters. The number of aliphatic hydroxyl groups excluding tert-OH is 1. The zero-order valence-electron chi connectivity index (χ0n) is 17.8. The van der Waals surface area contributed by atoms with Crippen LogP contribution in [0.1, 0.15) is 109 Å². The van der Waals surface area contributed by atoms with E-state index in [0.29, 0.717) is 12.8 Å². The van der Waals surface area contributed by atoms with E-state index in [2.05, 4.69) is 0 Å². The third-order valence-electron chi connectivity index (χ3n) is 6.12. The SMILES string of the molecule is CCCC[C@@H](C)N1C(=O)c2c(F)c3c(c(F)c2C1=O)C(O)N([C@H](C)CCCC)C3=O. The van der Waals surface area contributed by atoms with E-state index >= 15 is 8.78 Å². The Morgan fingerprint density at radius 1 is 0.833 bits per heavy atom. The Hall–Kier alpha value is -2.35. The Morgan fingerprint density at radius 2 is 1.33 bits per heavy atom. The van der Waals surface area contributed by atoms with E-state index in [0.717, 1.165) is 35.5 Å². The number of hydrogen-bond acceptors (Lipinski definition) is 4. The van der Waals surface area contributed by atoms with Crippen molar-refractivity contribution in [3.8, 4) is 0 Å². The van der Waals surface area contributed by atoms with Crippen molar-refractivity contribution in [2.75, 3.05) is 0 Å². The van der Waals surface area contributed by atoms with Crippen molar-refractivity contribution in [2.24, 2.45) is 0 Å². The fourth-order valence-corrected chi connectivity index (χ4v) is 4.38. The number of carbonyl (C=O) groups is 3. The van der Waals surface area contributed by atoms with Crippen LogP contribution in [0.25, 0.3) is 0 Å². The van der Waals surface area contributed by atoms with E-state index in [4.69, 9.17) is 0 Å². The van der Waals surface area contributed by atoms with Gasteiger partial charge in [-0.2, -0.15) is 0 Å². The van der Waals surface area contributed by atoms with Gasteiger partial charge in [0.05, 0.1) is 22.3 Å². The minimum absolute atomic E-state index is 0.453. The van der Waals surface area contributed by atoms with Crippen LogP contribution in [-0.2, 0) is 0 Å². The molecule has 0 saturated carbocycles. The molecule has 1 aromatic carbocycles. The van der Waals surface area contributed by atoms with Crippen LogP contribution in [0.15, 0.2) is 0 Å². The van der Waals surface area contributed by atoms with Gasteiger partial charge in [0.25, 0.3) is 17.7 Å². The first-order chi connectivity index (χ1) is 14.2. The highest BCUT2D eigenvalue weighted by atomic mass is 19.1. The van der Waals surface area contributed by atoms with Gasteiger partial charge in [0.1, 0.15) is 11.6 Å². The molecular weight excluding hydrogens is 394 g/mol. The summed E-state index contributed by atoms with van der Waals surface area (Å²) in [7, 11) is 0. The predicted molar refractivity (Wildman–Crippen MR) is 106 cm³/mol. The Balaban J connectivity index is 2.07. The topological polar surface area (TPSA) is 77.9 Å². The molecule has 0 saturated heterocycles. The third kappa shape index (κ3) is 3.21. The summed E-state index contributed by atoms with van der Waals surface area (Å²) in [6.45, 7) is 7.27. The summed E-state index contributed by atoms with van der Waals surface area (Å²) >= 11 is 0. The molecule has 0 radical (unpaired) electrons. The molecule has 8 heteroatoms. The lowest BCUT2D eigenvalue weighted by Gasteiger charge is -2.28. The van der Waals surface area contributed by atoms with Gasteiger partial charge in [0.2, 0.25) is 0 Å². The van der Waals surface area contributed by atoms with Gasteiger partial charge in [0.15, 0.2) is 6.23 Å². The first-order valence-corrected chi connectivity index (χ1v) is 10.6. The number of halogens is 2. The summed E-state index contributed by atoms with van der Waals surface area (Å²) in [6.07, 6.45) is 2.59. The fourth-order valence-electron chi connectivity index (χ4n) is 4.38. The van der Waals surface area contributed by atoms with Crippen molar-refractivity contribution in [1.29, 1.82) is 0 Å². The second-order valence-corrected chi connectivity index (χ2v) is 8.22. The first kappa shape index (κ1) is 22.3. The number of unbranched alkanes of at least 4 members (excludes halogenated alkanes) is 2. The monoisotopic (exact) mass is 422 g/mol. The fraction of sp³-hybridized carbons (Fsp3) is 0.591. The molecule has 30 heavy (non-hydrogen) atoms. The van der Waals surface area contributed by atoms with Gasteiger partial charge in [0, 0.05) is 12.1 Å². The smallest absolute Gasteiger partial charge is 0.264 e. The van der Waals surface area contributed by atoms with Crippen LogP contribution in [0, 0.1) is 11.6 Å². The number of nitrogens with zero attached hydrogens (tertiary/aromatic N) is 2. The second kappa shape index (κ2) is 8.41. The molecule has 0 aromatic heterocycles. The van der Waals surface area contributed by atoms with Gasteiger partial charge in [-0.25, -0.2) is 8.78 Å². The number of imide groups is 1. The van der Waals surface area contributed by atoms with Gasteiger partial charge in [-0.3, -0.25) is 19.3 Å². The highest BCUT2D eigenvalue weighted by Crippen LogP contribution is 2.43. The van der Waals surface area contributed by atoms with Crippen molar-refractivity contribution in [3.63, 3.8) is 0 Å². The maximum absolute atomic E-state index is 15.4. The zero-order valence-corrected chi connectivity index (χ0v) is 17.8. The van der Waals surface area contributed by atoms with Gasteiger partial charge >= 0.3 is 0 Å². The maximum atomic E-state index is 15.4. The van der Waals surface area contributed by atoms with E-state index < -0.39 is 69.9 Å². The summed E-state index contributed by atoms with van der Waals surface area (Å²) in [6, 6.07) is -0.984. The lowest BCUT2D eigenvalue weighted by Crippen LogP contribution is -2.38. The number of fused-ring (bicyclic) bond motifs is 2. The van der Waals surface area contributed by atoms with Crippen LogP contribution in [0.3, 0.4) is 0 Å². The normalized spacial score (nSPS) is 20.1. The molecule has 0 spiro atoms. The molecule has 1 unspecified atom stereocenters. The lowest BCUT2D eigenvalue weighted by molar-refractivity contribution is -0.00299. The zero-order chi connectivity index (χ0) is 22.3. The van der Waals surface area contributed by atoms with Crippen LogP contribution in [0.5, 0.6) is 0 Å². The van der Waals surface area contributed by atoms with Crippen molar-refractivity contribution in [1.82, 2.24) is 9.80 Å². The summed E-state index contributed by atoms with van der Waals surface area (Å²) in [4.78, 5) is 40.5. The molecule has 0 aliphatic carbocycles. The van der Waals surface area contributed by atoms with E-state index in [9.17, 15) is 19.5 Å². The number of amides is 3. The molecule has 1 aromatic rings. The Labute approximate surface area is 174 Å². The van der Waals surface area contributed by atoms with Crippen LogP contribution in [-0.4, -0.2) is 44.7 Å². The van der Waals surface area contributed by atoms with Gasteiger partial charge < -0.3 is 10.0 Å². The summed E-state index contributed by atoms with van der Waals surface area (Å²) in [5.41, 5.74) is -2.59. The van der Waals surface area contributed by atoms with Gasteiger partial charge in [-0.1, -0.05) is 39.5 Å². The van der Waals surface area contributed by atoms with Crippen molar-refractivity contribution in [2.45, 2.75) is 84.5 Å². The van der Waals surface area contributed by atoms with Crippen molar-refractivity contribution < 1.29 is 28.3 Å². The van der Waals surface area contributed by atoms with Crippen LogP contribution in [0.2, 0.25) is 0 Å². The minimum Gasteiger partial charge on any atom is -0.369 e. The molecule has 2 aliphatic rings. The number of rotatable bonds is 8. The summed E-state index contributed by atoms with van der Waals surface area (Å²) < 4.78 is 30.7. The molecule has 2 aliphatic heterocycles. The first-order valence-electron chi connectivity index (χ1n) is 10.6. The van der Waals surface area contributed by atoms with E-state index in [1.54, 1.807) is 13.8 Å². The second-order valence-electron chi connectivity index (χ2n) is 8.22. The van der Waals surface area contributed by atoms with E-state index in [1.807, 2.05) is 13.8 Å².